The third-order valence-corrected chi connectivity index (χ3v) is 10.9. The van der Waals surface area contributed by atoms with Gasteiger partial charge in [0.15, 0.2) is 0 Å². The monoisotopic (exact) mass is 691 g/mol. The van der Waals surface area contributed by atoms with E-state index in [0.29, 0.717) is 56.7 Å². The molecule has 5 heterocycles. The van der Waals surface area contributed by atoms with E-state index in [1.165, 1.54) is 24.5 Å². The van der Waals surface area contributed by atoms with Crippen LogP contribution in [0.5, 0.6) is 0 Å². The van der Waals surface area contributed by atoms with E-state index in [2.05, 4.69) is 53.0 Å². The largest absolute Gasteiger partial charge is 0.378 e. The molecular weight excluding hydrogens is 646 g/mol. The third kappa shape index (κ3) is 7.75. The van der Waals surface area contributed by atoms with Crippen molar-refractivity contribution in [3.63, 3.8) is 0 Å². The highest BCUT2D eigenvalue weighted by Crippen LogP contribution is 2.43. The van der Waals surface area contributed by atoms with Crippen LogP contribution < -0.4 is 15.1 Å². The van der Waals surface area contributed by atoms with Crippen molar-refractivity contribution < 1.29 is 22.3 Å². The first-order valence-electron chi connectivity index (χ1n) is 17.1. The fourth-order valence-corrected chi connectivity index (χ4v) is 8.65. The Labute approximate surface area is 288 Å². The Morgan fingerprint density at radius 3 is 2.57 bits per heavy atom. The molecule has 3 aliphatic rings. The molecule has 11 nitrogen and oxygen atoms in total. The molecule has 1 aromatic carbocycles. The molecule has 1 amide bonds. The fourth-order valence-electron chi connectivity index (χ4n) is 7.59. The van der Waals surface area contributed by atoms with Gasteiger partial charge in [-0.3, -0.25) is 4.79 Å². The second kappa shape index (κ2) is 14.5. The lowest BCUT2D eigenvalue weighted by molar-refractivity contribution is -0.126. The summed E-state index contributed by atoms with van der Waals surface area (Å²) in [5.74, 6) is 7.46. The van der Waals surface area contributed by atoms with E-state index in [1.54, 1.807) is 19.2 Å². The van der Waals surface area contributed by atoms with Crippen molar-refractivity contribution in [1.29, 1.82) is 0 Å². The summed E-state index contributed by atoms with van der Waals surface area (Å²) >= 11 is 0. The molecule has 3 atom stereocenters. The summed E-state index contributed by atoms with van der Waals surface area (Å²) in [7, 11) is -1.54. The highest BCUT2D eigenvalue weighted by atomic mass is 32.2. The number of rotatable bonds is 9. The van der Waals surface area contributed by atoms with Crippen molar-refractivity contribution in [2.45, 2.75) is 64.1 Å². The van der Waals surface area contributed by atoms with Gasteiger partial charge in [0.1, 0.15) is 27.6 Å². The minimum absolute atomic E-state index is 0.0718. The van der Waals surface area contributed by atoms with Crippen LogP contribution in [0.4, 0.5) is 27.7 Å². The van der Waals surface area contributed by atoms with E-state index in [1.807, 2.05) is 16.0 Å². The van der Waals surface area contributed by atoms with Crippen molar-refractivity contribution in [2.75, 3.05) is 73.5 Å². The molecule has 3 aromatic rings. The molecule has 0 spiro atoms. The second-order valence-electron chi connectivity index (χ2n) is 13.9. The zero-order valence-electron chi connectivity index (χ0n) is 28.9. The van der Waals surface area contributed by atoms with Crippen LogP contribution in [0.2, 0.25) is 0 Å². The number of piperidine rings is 2. The Kier molecular flexibility index (Phi) is 10.3. The van der Waals surface area contributed by atoms with Crippen LogP contribution in [0.25, 0.3) is 10.8 Å². The van der Waals surface area contributed by atoms with E-state index in [9.17, 15) is 17.6 Å². The van der Waals surface area contributed by atoms with Crippen molar-refractivity contribution in [3.8, 4) is 11.8 Å². The van der Waals surface area contributed by atoms with E-state index >= 15 is 0 Å². The Hall–Kier alpha value is -4.02. The molecule has 262 valence electrons. The van der Waals surface area contributed by atoms with Crippen LogP contribution in [0.3, 0.4) is 0 Å². The minimum Gasteiger partial charge on any atom is -0.378 e. The molecule has 3 saturated heterocycles. The predicted octanol–water partition coefficient (Wildman–Crippen LogP) is 4.67. The molecule has 13 heteroatoms. The average Bonchev–Trinajstić information content (AvgIpc) is 3.05. The van der Waals surface area contributed by atoms with Gasteiger partial charge in [0, 0.05) is 81.4 Å². The standard InChI is InChI=1S/C36H46FN7O4S/c1-6-8-34(45)42-13-7-9-25(20-42)26-15-30(44-18-24(19-44)22-49(5,46)47)28-17-39-33(16-27(28)35(26)23(2)3)40-32-10-12-38-36(41-32)43-14-11-31(48-4)29(37)21-43/h10,12,15-17,23-25,29,31H,7,9,11,13-14,18-22H2,1-5H3,(H,38,39,40,41)/t25-,29+,31-/m1/s1. The number of benzene rings is 1. The molecule has 0 bridgehead atoms. The number of sulfone groups is 1. The van der Waals surface area contributed by atoms with Crippen LogP contribution in [0.1, 0.15) is 63.0 Å². The van der Waals surface area contributed by atoms with Crippen LogP contribution in [0, 0.1) is 17.8 Å². The number of ether oxygens (including phenoxy) is 1. The Morgan fingerprint density at radius 1 is 1.08 bits per heavy atom. The molecule has 1 N–H and O–H groups in total. The number of likely N-dealkylation sites (tertiary alicyclic amines) is 1. The molecule has 0 radical (unpaired) electrons. The van der Waals surface area contributed by atoms with Crippen LogP contribution in [-0.4, -0.2) is 105 Å². The number of pyridine rings is 1. The molecule has 3 aliphatic heterocycles. The smallest absolute Gasteiger partial charge is 0.298 e. The fraction of sp³-hybridized carbons (Fsp3) is 0.556. The number of hydrogen-bond donors (Lipinski definition) is 1. The van der Waals surface area contributed by atoms with Gasteiger partial charge in [-0.25, -0.2) is 22.8 Å². The number of nitrogens with zero attached hydrogens (tertiary/aromatic N) is 6. The molecule has 6 rings (SSSR count). The maximum Gasteiger partial charge on any atom is 0.298 e. The molecular formula is C36H46FN7O4S. The highest BCUT2D eigenvalue weighted by Gasteiger charge is 2.34. The predicted molar refractivity (Wildman–Crippen MR) is 191 cm³/mol. The Balaban J connectivity index is 1.36. The van der Waals surface area contributed by atoms with Gasteiger partial charge in [0.25, 0.3) is 5.91 Å². The molecule has 2 aromatic heterocycles. The quantitative estimate of drug-likeness (QED) is 0.317. The summed E-state index contributed by atoms with van der Waals surface area (Å²) in [6.07, 6.45) is 5.68. The van der Waals surface area contributed by atoms with Crippen molar-refractivity contribution >= 4 is 49.8 Å². The van der Waals surface area contributed by atoms with E-state index < -0.39 is 22.1 Å². The topological polar surface area (TPSA) is 121 Å². The lowest BCUT2D eigenvalue weighted by atomic mass is 9.81. The number of amides is 1. The number of anilines is 4. The molecule has 0 aliphatic carbocycles. The van der Waals surface area contributed by atoms with Gasteiger partial charge in [-0.15, -0.1) is 0 Å². The van der Waals surface area contributed by atoms with Crippen LogP contribution >= 0.6 is 0 Å². The maximum absolute atomic E-state index is 14.7. The van der Waals surface area contributed by atoms with Gasteiger partial charge in [0.2, 0.25) is 5.95 Å². The Bertz CT molecular complexity index is 1870. The number of carbonyl (C=O) groups excluding carboxylic acids is 1. The normalized spacial score (nSPS) is 21.8. The first-order chi connectivity index (χ1) is 23.4. The zero-order chi connectivity index (χ0) is 34.9. The summed E-state index contributed by atoms with van der Waals surface area (Å²) in [5.41, 5.74) is 3.43. The van der Waals surface area contributed by atoms with Gasteiger partial charge in [-0.2, -0.15) is 4.98 Å². The number of fused-ring (bicyclic) bond motifs is 1. The van der Waals surface area contributed by atoms with Gasteiger partial charge in [-0.05, 0) is 72.7 Å². The van der Waals surface area contributed by atoms with Gasteiger partial charge < -0.3 is 24.8 Å². The summed E-state index contributed by atoms with van der Waals surface area (Å²) < 4.78 is 44.0. The lowest BCUT2D eigenvalue weighted by Crippen LogP contribution is -2.49. The number of halogens is 1. The number of methoxy groups -OCH3 is 1. The average molecular weight is 692 g/mol. The first kappa shape index (κ1) is 34.8. The van der Waals surface area contributed by atoms with E-state index in [-0.39, 0.29) is 36.0 Å². The van der Waals surface area contributed by atoms with Crippen LogP contribution in [0.15, 0.2) is 30.6 Å². The number of hydrogen-bond acceptors (Lipinski definition) is 10. The summed E-state index contributed by atoms with van der Waals surface area (Å²) in [5, 5.41) is 5.41. The Morgan fingerprint density at radius 2 is 1.88 bits per heavy atom. The van der Waals surface area contributed by atoms with Crippen LogP contribution in [-0.2, 0) is 19.4 Å². The van der Waals surface area contributed by atoms with Crippen molar-refractivity contribution in [3.05, 3.63) is 41.7 Å². The van der Waals surface area contributed by atoms with Crippen molar-refractivity contribution in [1.82, 2.24) is 19.9 Å². The summed E-state index contributed by atoms with van der Waals surface area (Å²) in [6.45, 7) is 9.39. The third-order valence-electron chi connectivity index (χ3n) is 9.83. The van der Waals surface area contributed by atoms with Gasteiger partial charge in [0.05, 0.1) is 18.4 Å². The number of alkyl halides is 1. The van der Waals surface area contributed by atoms with Gasteiger partial charge >= 0.3 is 0 Å². The SMILES string of the molecule is CC#CC(=O)N1CCC[C@@H](c2cc(N3CC(CS(C)(=O)=O)C3)c3cnc(Nc4ccnc(N5CC[C@@H](OC)[C@@H](F)C5)n4)cc3c2C(C)C)C1. The number of aromatic nitrogens is 3. The minimum atomic E-state index is -3.08. The highest BCUT2D eigenvalue weighted by molar-refractivity contribution is 7.90. The summed E-state index contributed by atoms with van der Waals surface area (Å²) in [6, 6.07) is 6.09. The molecule has 0 saturated carbocycles. The van der Waals surface area contributed by atoms with E-state index in [4.69, 9.17) is 14.7 Å². The summed E-state index contributed by atoms with van der Waals surface area (Å²) in [4.78, 5) is 32.7. The second-order valence-corrected chi connectivity index (χ2v) is 16.1. The maximum atomic E-state index is 14.7. The lowest BCUT2D eigenvalue weighted by Gasteiger charge is -2.42. The molecule has 3 fully saturated rings. The molecule has 49 heavy (non-hydrogen) atoms. The van der Waals surface area contributed by atoms with E-state index in [0.717, 1.165) is 29.3 Å². The number of nitrogens with one attached hydrogen (secondary N) is 1. The van der Waals surface area contributed by atoms with Crippen molar-refractivity contribution in [2.24, 2.45) is 5.92 Å². The number of carbonyl (C=O) groups is 1. The zero-order valence-corrected chi connectivity index (χ0v) is 29.8. The first-order valence-corrected chi connectivity index (χ1v) is 19.1. The molecule has 0 unspecified atom stereocenters. The van der Waals surface area contributed by atoms with Gasteiger partial charge in [-0.1, -0.05) is 19.8 Å².